The van der Waals surface area contributed by atoms with Crippen LogP contribution < -0.4 is 0 Å². The number of pyridine rings is 1. The van der Waals surface area contributed by atoms with Gasteiger partial charge in [-0.2, -0.15) is 9.73 Å². The number of rotatable bonds is 3. The molecule has 0 saturated carbocycles. The summed E-state index contributed by atoms with van der Waals surface area (Å²) in [6.45, 7) is 11.1. The molecule has 10 heteroatoms. The Balaban J connectivity index is 1.68. The minimum absolute atomic E-state index is 0.283. The van der Waals surface area contributed by atoms with Gasteiger partial charge in [0.05, 0.1) is 18.5 Å². The summed E-state index contributed by atoms with van der Waals surface area (Å²) in [5.74, 6) is 1.51. The van der Waals surface area contributed by atoms with Crippen LogP contribution in [0.2, 0.25) is 0 Å². The lowest BCUT2D eigenvalue weighted by molar-refractivity contribution is 0.793. The minimum Gasteiger partial charge on any atom is -0.278 e. The fourth-order valence-electron chi connectivity index (χ4n) is 3.18. The molecule has 5 rings (SSSR count). The number of azo groups is 1. The van der Waals surface area contributed by atoms with Gasteiger partial charge in [-0.1, -0.05) is 24.3 Å². The maximum atomic E-state index is 7.47. The van der Waals surface area contributed by atoms with E-state index in [2.05, 4.69) is 40.3 Å². The van der Waals surface area contributed by atoms with Crippen LogP contribution >= 0.6 is 0 Å². The summed E-state index contributed by atoms with van der Waals surface area (Å²) in [5, 5.41) is 22.3. The Bertz CT molecular complexity index is 1440. The van der Waals surface area contributed by atoms with Crippen LogP contribution in [0, 0.1) is 20.4 Å². The van der Waals surface area contributed by atoms with Crippen molar-refractivity contribution in [3.05, 3.63) is 65.7 Å². The van der Waals surface area contributed by atoms with Crippen molar-refractivity contribution < 1.29 is 0 Å². The van der Waals surface area contributed by atoms with Gasteiger partial charge in [-0.05, 0) is 25.3 Å². The Morgan fingerprint density at radius 2 is 2.00 bits per heavy atom. The zero-order valence-corrected chi connectivity index (χ0v) is 15.6. The number of aromatic nitrogens is 7. The SMILES string of the molecule is [C-]#[N+]c1cnn(-c2nccc3ccccc23)c1N=Nc1c(C)[nH]n2nc(C)nc12. The van der Waals surface area contributed by atoms with Gasteiger partial charge < -0.3 is 0 Å². The topological polar surface area (TPSA) is 106 Å². The lowest BCUT2D eigenvalue weighted by Crippen LogP contribution is -1.99. The molecule has 10 nitrogen and oxygen atoms in total. The smallest absolute Gasteiger partial charge is 0.252 e. The summed E-state index contributed by atoms with van der Waals surface area (Å²) >= 11 is 0. The fourth-order valence-corrected chi connectivity index (χ4v) is 3.18. The predicted octanol–water partition coefficient (Wildman–Crippen LogP) is 4.37. The van der Waals surface area contributed by atoms with Crippen LogP contribution in [0.4, 0.5) is 17.2 Å². The molecule has 0 bridgehead atoms. The number of fused-ring (bicyclic) bond motifs is 2. The highest BCUT2D eigenvalue weighted by molar-refractivity contribution is 5.89. The van der Waals surface area contributed by atoms with Crippen molar-refractivity contribution in [1.29, 1.82) is 0 Å². The van der Waals surface area contributed by atoms with Crippen LogP contribution in [-0.2, 0) is 0 Å². The maximum absolute atomic E-state index is 7.47. The van der Waals surface area contributed by atoms with Gasteiger partial charge in [0.1, 0.15) is 5.82 Å². The van der Waals surface area contributed by atoms with Gasteiger partial charge >= 0.3 is 0 Å². The molecule has 5 aromatic rings. The molecule has 4 heterocycles. The van der Waals surface area contributed by atoms with Gasteiger partial charge in [0.15, 0.2) is 17.3 Å². The molecule has 0 aliphatic carbocycles. The van der Waals surface area contributed by atoms with E-state index >= 15 is 0 Å². The number of aryl methyl sites for hydroxylation is 2. The van der Waals surface area contributed by atoms with Crippen LogP contribution in [-0.4, -0.2) is 34.6 Å². The number of benzene rings is 1. The first-order valence-electron chi connectivity index (χ1n) is 8.79. The third kappa shape index (κ3) is 2.64. The van der Waals surface area contributed by atoms with E-state index in [0.717, 1.165) is 16.5 Å². The number of nitrogens with one attached hydrogen (secondary N) is 1. The van der Waals surface area contributed by atoms with E-state index < -0.39 is 0 Å². The quantitative estimate of drug-likeness (QED) is 0.369. The Hall–Kier alpha value is -4.39. The molecule has 0 atom stereocenters. The van der Waals surface area contributed by atoms with Crippen molar-refractivity contribution in [2.75, 3.05) is 0 Å². The first kappa shape index (κ1) is 16.8. The zero-order valence-electron chi connectivity index (χ0n) is 15.6. The number of nitrogens with zero attached hydrogens (tertiary/aromatic N) is 9. The molecule has 0 fully saturated rings. The molecular formula is C19H14N10. The Kier molecular flexibility index (Phi) is 3.67. The Morgan fingerprint density at radius 3 is 2.86 bits per heavy atom. The molecular weight excluding hydrogens is 368 g/mol. The molecule has 1 aromatic carbocycles. The lowest BCUT2D eigenvalue weighted by atomic mass is 10.1. The van der Waals surface area contributed by atoms with Gasteiger partial charge in [-0.25, -0.2) is 19.5 Å². The molecule has 0 spiro atoms. The highest BCUT2D eigenvalue weighted by atomic mass is 15.5. The monoisotopic (exact) mass is 382 g/mol. The van der Waals surface area contributed by atoms with E-state index in [1.807, 2.05) is 37.3 Å². The van der Waals surface area contributed by atoms with Crippen molar-refractivity contribution in [3.63, 3.8) is 0 Å². The van der Waals surface area contributed by atoms with Gasteiger partial charge in [-0.3, -0.25) is 5.10 Å². The van der Waals surface area contributed by atoms with E-state index in [4.69, 9.17) is 6.57 Å². The molecule has 0 aliphatic rings. The highest BCUT2D eigenvalue weighted by Crippen LogP contribution is 2.34. The van der Waals surface area contributed by atoms with E-state index in [-0.39, 0.29) is 5.69 Å². The summed E-state index contributed by atoms with van der Waals surface area (Å²) in [6.07, 6.45) is 3.17. The second kappa shape index (κ2) is 6.35. The molecule has 0 unspecified atom stereocenters. The first-order valence-corrected chi connectivity index (χ1v) is 8.79. The standard InChI is InChI=1S/C19H14N10/c1-11-16(19-23-12(2)27-29(19)26-11)24-25-18-15(20-3)10-22-28(18)17-14-7-5-4-6-13(14)8-9-21-17/h4-10,26H,1-2H3. The summed E-state index contributed by atoms with van der Waals surface area (Å²) in [7, 11) is 0. The minimum atomic E-state index is 0.283. The predicted molar refractivity (Wildman–Crippen MR) is 106 cm³/mol. The van der Waals surface area contributed by atoms with E-state index in [1.54, 1.807) is 17.8 Å². The Labute approximate surface area is 164 Å². The molecule has 140 valence electrons. The summed E-state index contributed by atoms with van der Waals surface area (Å²) < 4.78 is 3.09. The first-order chi connectivity index (χ1) is 14.2. The summed E-state index contributed by atoms with van der Waals surface area (Å²) in [6, 6.07) is 9.76. The van der Waals surface area contributed by atoms with Crippen LogP contribution in [0.5, 0.6) is 0 Å². The summed E-state index contributed by atoms with van der Waals surface area (Å²) in [4.78, 5) is 12.4. The normalized spacial score (nSPS) is 11.6. The fraction of sp³-hybridized carbons (Fsp3) is 0.105. The molecule has 0 aliphatic heterocycles. The summed E-state index contributed by atoms with van der Waals surface area (Å²) in [5.41, 5.74) is 2.18. The number of H-pyrrole nitrogens is 1. The number of hydrogen-bond acceptors (Lipinski definition) is 6. The van der Waals surface area contributed by atoms with E-state index in [0.29, 0.717) is 28.8 Å². The van der Waals surface area contributed by atoms with Crippen LogP contribution in [0.15, 0.2) is 53.0 Å². The molecule has 0 amide bonds. The van der Waals surface area contributed by atoms with Gasteiger partial charge in [0.25, 0.3) is 5.69 Å². The van der Waals surface area contributed by atoms with Crippen molar-refractivity contribution in [2.45, 2.75) is 13.8 Å². The molecule has 4 aromatic heterocycles. The average Bonchev–Trinajstić information content (AvgIpc) is 3.38. The third-order valence-corrected chi connectivity index (χ3v) is 4.50. The second-order valence-corrected chi connectivity index (χ2v) is 6.41. The third-order valence-electron chi connectivity index (χ3n) is 4.50. The van der Waals surface area contributed by atoms with Gasteiger partial charge in [0.2, 0.25) is 5.65 Å². The largest absolute Gasteiger partial charge is 0.278 e. The van der Waals surface area contributed by atoms with Crippen LogP contribution in [0.1, 0.15) is 11.5 Å². The molecule has 0 saturated heterocycles. The molecule has 1 N–H and O–H groups in total. The van der Waals surface area contributed by atoms with Crippen molar-refractivity contribution in [1.82, 2.24) is 34.6 Å². The second-order valence-electron chi connectivity index (χ2n) is 6.41. The van der Waals surface area contributed by atoms with Crippen molar-refractivity contribution >= 4 is 33.6 Å². The maximum Gasteiger partial charge on any atom is 0.252 e. The van der Waals surface area contributed by atoms with Gasteiger partial charge in [0, 0.05) is 11.6 Å². The molecule has 0 radical (unpaired) electrons. The number of hydrogen-bond donors (Lipinski definition) is 1. The van der Waals surface area contributed by atoms with Crippen LogP contribution in [0.3, 0.4) is 0 Å². The van der Waals surface area contributed by atoms with Crippen molar-refractivity contribution in [3.8, 4) is 5.82 Å². The number of aromatic amines is 1. The van der Waals surface area contributed by atoms with E-state index in [9.17, 15) is 0 Å². The molecule has 29 heavy (non-hydrogen) atoms. The van der Waals surface area contributed by atoms with Crippen molar-refractivity contribution in [2.24, 2.45) is 10.2 Å². The van der Waals surface area contributed by atoms with Gasteiger partial charge in [-0.15, -0.1) is 15.3 Å². The Morgan fingerprint density at radius 1 is 1.14 bits per heavy atom. The lowest BCUT2D eigenvalue weighted by Gasteiger charge is -2.07. The van der Waals surface area contributed by atoms with E-state index in [1.165, 1.54) is 10.9 Å². The average molecular weight is 382 g/mol. The zero-order chi connectivity index (χ0) is 20.0. The van der Waals surface area contributed by atoms with Crippen LogP contribution in [0.25, 0.3) is 27.1 Å². The highest BCUT2D eigenvalue weighted by Gasteiger charge is 2.17.